The van der Waals surface area contributed by atoms with Crippen molar-refractivity contribution in [3.05, 3.63) is 106 Å². The Hall–Kier alpha value is -4.46. The van der Waals surface area contributed by atoms with Crippen LogP contribution in [0, 0.1) is 5.82 Å². The van der Waals surface area contributed by atoms with Crippen LogP contribution in [0.5, 0.6) is 5.75 Å². The van der Waals surface area contributed by atoms with Crippen molar-refractivity contribution >= 4 is 28.1 Å². The minimum absolute atomic E-state index is 0.0823. The Morgan fingerprint density at radius 2 is 1.85 bits per heavy atom. The Labute approximate surface area is 187 Å². The molecule has 0 aliphatic carbocycles. The van der Waals surface area contributed by atoms with E-state index in [0.29, 0.717) is 22.3 Å². The molecule has 2 heterocycles. The molecule has 1 amide bonds. The maximum Gasteiger partial charge on any atom is 0.277 e. The molecular formula is C25H19FN4O3. The topological polar surface area (TPSA) is 77.6 Å². The standard InChI is InChI=1S/C25H19FN4O3/c1-33-18-6-4-5-16(13-18)15-29-23-14-17(24(31)28-20-8-3-2-7-19(20)26)9-10-21(23)30-22(25(29)32)11-12-27-30/h2-14H,15H2,1H3,(H,28,31). The average Bonchev–Trinajstić information content (AvgIpc) is 3.33. The number of aromatic nitrogens is 3. The Kier molecular flexibility index (Phi) is 5.10. The summed E-state index contributed by atoms with van der Waals surface area (Å²) in [6.07, 6.45) is 1.56. The van der Waals surface area contributed by atoms with Crippen molar-refractivity contribution in [3.8, 4) is 5.75 Å². The summed E-state index contributed by atoms with van der Waals surface area (Å²) < 4.78 is 22.4. The van der Waals surface area contributed by atoms with Gasteiger partial charge in [-0.15, -0.1) is 0 Å². The Morgan fingerprint density at radius 3 is 2.67 bits per heavy atom. The zero-order chi connectivity index (χ0) is 22.9. The smallest absolute Gasteiger partial charge is 0.277 e. The normalized spacial score (nSPS) is 11.1. The van der Waals surface area contributed by atoms with Crippen molar-refractivity contribution in [1.29, 1.82) is 0 Å². The highest BCUT2D eigenvalue weighted by atomic mass is 19.1. The molecule has 164 valence electrons. The second-order valence-corrected chi connectivity index (χ2v) is 7.51. The number of rotatable bonds is 5. The first-order valence-corrected chi connectivity index (χ1v) is 10.2. The number of fused-ring (bicyclic) bond motifs is 3. The lowest BCUT2D eigenvalue weighted by Crippen LogP contribution is -2.24. The first-order valence-electron chi connectivity index (χ1n) is 10.2. The fraction of sp³-hybridized carbons (Fsp3) is 0.0800. The second-order valence-electron chi connectivity index (χ2n) is 7.51. The van der Waals surface area contributed by atoms with Crippen LogP contribution >= 0.6 is 0 Å². The molecule has 0 atom stereocenters. The molecule has 1 N–H and O–H groups in total. The van der Waals surface area contributed by atoms with Crippen LogP contribution in [0.4, 0.5) is 10.1 Å². The van der Waals surface area contributed by atoms with Crippen LogP contribution in [0.15, 0.2) is 83.8 Å². The summed E-state index contributed by atoms with van der Waals surface area (Å²) in [4.78, 5) is 26.2. The molecule has 0 saturated carbocycles. The number of carbonyl (C=O) groups is 1. The lowest BCUT2D eigenvalue weighted by atomic mass is 10.1. The number of benzene rings is 3. The monoisotopic (exact) mass is 442 g/mol. The minimum Gasteiger partial charge on any atom is -0.497 e. The van der Waals surface area contributed by atoms with Crippen LogP contribution in [0.25, 0.3) is 16.6 Å². The van der Waals surface area contributed by atoms with Gasteiger partial charge in [-0.1, -0.05) is 24.3 Å². The number of nitrogens with zero attached hydrogens (tertiary/aromatic N) is 3. The third-order valence-corrected chi connectivity index (χ3v) is 5.46. The number of para-hydroxylation sites is 1. The van der Waals surface area contributed by atoms with Crippen LogP contribution < -0.4 is 15.6 Å². The Bertz CT molecular complexity index is 1570. The molecule has 33 heavy (non-hydrogen) atoms. The van der Waals surface area contributed by atoms with Gasteiger partial charge in [-0.05, 0) is 54.1 Å². The fourth-order valence-corrected chi connectivity index (χ4v) is 3.83. The van der Waals surface area contributed by atoms with Gasteiger partial charge in [-0.3, -0.25) is 9.59 Å². The Balaban J connectivity index is 1.64. The van der Waals surface area contributed by atoms with E-state index in [1.165, 1.54) is 12.1 Å². The average molecular weight is 442 g/mol. The molecule has 5 rings (SSSR count). The SMILES string of the molecule is COc1cccc(Cn2c(=O)c3ccnn3c3ccc(C(=O)Nc4ccccc4F)cc32)c1. The number of carbonyl (C=O) groups excluding carboxylic acids is 1. The van der Waals surface area contributed by atoms with E-state index in [2.05, 4.69) is 10.4 Å². The molecule has 0 unspecified atom stereocenters. The van der Waals surface area contributed by atoms with Crippen molar-refractivity contribution in [2.45, 2.75) is 6.54 Å². The lowest BCUT2D eigenvalue weighted by molar-refractivity contribution is 0.102. The maximum absolute atomic E-state index is 14.0. The van der Waals surface area contributed by atoms with Crippen molar-refractivity contribution in [1.82, 2.24) is 14.2 Å². The van der Waals surface area contributed by atoms with Gasteiger partial charge in [0.2, 0.25) is 0 Å². The van der Waals surface area contributed by atoms with Gasteiger partial charge < -0.3 is 14.6 Å². The van der Waals surface area contributed by atoms with E-state index in [-0.39, 0.29) is 23.4 Å². The van der Waals surface area contributed by atoms with Crippen molar-refractivity contribution < 1.29 is 13.9 Å². The number of ether oxygens (including phenoxy) is 1. The van der Waals surface area contributed by atoms with E-state index >= 15 is 0 Å². The molecule has 7 nitrogen and oxygen atoms in total. The first kappa shape index (κ1) is 20.4. The molecule has 0 spiro atoms. The maximum atomic E-state index is 14.0. The minimum atomic E-state index is -0.528. The van der Waals surface area contributed by atoms with Crippen LogP contribution in [0.3, 0.4) is 0 Å². The number of anilines is 1. The summed E-state index contributed by atoms with van der Waals surface area (Å²) >= 11 is 0. The number of nitrogens with one attached hydrogen (secondary N) is 1. The number of amides is 1. The van der Waals surface area contributed by atoms with Crippen molar-refractivity contribution in [3.63, 3.8) is 0 Å². The van der Waals surface area contributed by atoms with E-state index in [1.54, 1.807) is 58.8 Å². The molecule has 0 aliphatic heterocycles. The van der Waals surface area contributed by atoms with Crippen LogP contribution in [-0.4, -0.2) is 27.2 Å². The quantitative estimate of drug-likeness (QED) is 0.445. The van der Waals surface area contributed by atoms with Crippen LogP contribution in [-0.2, 0) is 6.54 Å². The van der Waals surface area contributed by atoms with Gasteiger partial charge in [0.15, 0.2) is 0 Å². The highest BCUT2D eigenvalue weighted by Gasteiger charge is 2.16. The summed E-state index contributed by atoms with van der Waals surface area (Å²) in [6.45, 7) is 0.270. The van der Waals surface area contributed by atoms with Crippen LogP contribution in [0.2, 0.25) is 0 Å². The van der Waals surface area contributed by atoms with E-state index in [1.807, 2.05) is 24.3 Å². The summed E-state index contributed by atoms with van der Waals surface area (Å²) in [7, 11) is 1.58. The van der Waals surface area contributed by atoms with Crippen molar-refractivity contribution in [2.24, 2.45) is 0 Å². The predicted octanol–water partition coefficient (Wildman–Crippen LogP) is 4.10. The molecule has 0 saturated heterocycles. The molecule has 0 radical (unpaired) electrons. The third kappa shape index (κ3) is 3.71. The molecule has 3 aromatic carbocycles. The molecular weight excluding hydrogens is 423 g/mol. The number of hydrogen-bond donors (Lipinski definition) is 1. The first-order chi connectivity index (χ1) is 16.0. The molecule has 5 aromatic rings. The van der Waals surface area contributed by atoms with Gasteiger partial charge in [0.25, 0.3) is 11.5 Å². The molecule has 0 bridgehead atoms. The summed E-state index contributed by atoms with van der Waals surface area (Å²) in [5.74, 6) is -0.331. The van der Waals surface area contributed by atoms with Gasteiger partial charge in [-0.25, -0.2) is 8.91 Å². The summed E-state index contributed by atoms with van der Waals surface area (Å²) in [5, 5.41) is 6.85. The van der Waals surface area contributed by atoms with E-state index < -0.39 is 11.7 Å². The predicted molar refractivity (Wildman–Crippen MR) is 123 cm³/mol. The third-order valence-electron chi connectivity index (χ3n) is 5.46. The summed E-state index contributed by atoms with van der Waals surface area (Å²) in [6, 6.07) is 20.0. The van der Waals surface area contributed by atoms with Gasteiger partial charge in [-0.2, -0.15) is 5.10 Å². The highest BCUT2D eigenvalue weighted by molar-refractivity contribution is 6.06. The fourth-order valence-electron chi connectivity index (χ4n) is 3.83. The number of halogens is 1. The zero-order valence-corrected chi connectivity index (χ0v) is 17.7. The van der Waals surface area contributed by atoms with Gasteiger partial charge in [0.1, 0.15) is 17.1 Å². The van der Waals surface area contributed by atoms with E-state index in [4.69, 9.17) is 4.74 Å². The Morgan fingerprint density at radius 1 is 1.00 bits per heavy atom. The van der Waals surface area contributed by atoms with Crippen LogP contribution in [0.1, 0.15) is 15.9 Å². The van der Waals surface area contributed by atoms with Gasteiger partial charge in [0.05, 0.1) is 36.6 Å². The zero-order valence-electron chi connectivity index (χ0n) is 17.7. The largest absolute Gasteiger partial charge is 0.497 e. The molecule has 0 fully saturated rings. The van der Waals surface area contributed by atoms with Crippen molar-refractivity contribution in [2.75, 3.05) is 12.4 Å². The molecule has 8 heteroatoms. The highest BCUT2D eigenvalue weighted by Crippen LogP contribution is 2.21. The molecule has 0 aliphatic rings. The van der Waals surface area contributed by atoms with E-state index in [0.717, 1.165) is 5.56 Å². The number of hydrogen-bond acceptors (Lipinski definition) is 4. The number of methoxy groups -OCH3 is 1. The van der Waals surface area contributed by atoms with Gasteiger partial charge in [0, 0.05) is 5.56 Å². The lowest BCUT2D eigenvalue weighted by Gasteiger charge is -2.14. The summed E-state index contributed by atoms with van der Waals surface area (Å²) in [5.41, 5.74) is 2.61. The molecule has 2 aromatic heterocycles. The second kappa shape index (κ2) is 8.23. The van der Waals surface area contributed by atoms with E-state index in [9.17, 15) is 14.0 Å². The van der Waals surface area contributed by atoms with Gasteiger partial charge >= 0.3 is 0 Å².